The van der Waals surface area contributed by atoms with E-state index in [2.05, 4.69) is 4.99 Å². The van der Waals surface area contributed by atoms with Crippen LogP contribution in [0.2, 0.25) is 15.1 Å². The molecule has 0 N–H and O–H groups in total. The van der Waals surface area contributed by atoms with Gasteiger partial charge in [0.15, 0.2) is 5.70 Å². The van der Waals surface area contributed by atoms with Crippen LogP contribution in [-0.4, -0.2) is 11.9 Å². The Balaban J connectivity index is 1.47. The Morgan fingerprint density at radius 2 is 1.67 bits per heavy atom. The molecule has 150 valence electrons. The Labute approximate surface area is 188 Å². The summed E-state index contributed by atoms with van der Waals surface area (Å²) in [5.41, 5.74) is 2.46. The van der Waals surface area contributed by atoms with E-state index in [0.717, 1.165) is 11.1 Å². The molecule has 0 atom stereocenters. The Morgan fingerprint density at radius 1 is 0.900 bits per heavy atom. The number of carbonyl (C=O) groups is 1. The molecule has 0 bridgehead atoms. The first-order valence-electron chi connectivity index (χ1n) is 8.94. The molecule has 7 heteroatoms. The average Bonchev–Trinajstić information content (AvgIpc) is 3.11. The van der Waals surface area contributed by atoms with Crippen LogP contribution in [0.5, 0.6) is 5.75 Å². The van der Waals surface area contributed by atoms with E-state index in [-0.39, 0.29) is 11.6 Å². The lowest BCUT2D eigenvalue weighted by Gasteiger charge is -2.07. The number of aliphatic imine (C=N–C) groups is 1. The van der Waals surface area contributed by atoms with Gasteiger partial charge in [-0.1, -0.05) is 65.1 Å². The van der Waals surface area contributed by atoms with E-state index in [1.807, 2.05) is 48.5 Å². The first-order chi connectivity index (χ1) is 14.5. The lowest BCUT2D eigenvalue weighted by Crippen LogP contribution is -2.05. The van der Waals surface area contributed by atoms with Gasteiger partial charge in [0.1, 0.15) is 12.4 Å². The van der Waals surface area contributed by atoms with Gasteiger partial charge < -0.3 is 9.47 Å². The van der Waals surface area contributed by atoms with Crippen LogP contribution in [0, 0.1) is 0 Å². The quantitative estimate of drug-likeness (QED) is 0.321. The average molecular weight is 459 g/mol. The number of nitrogens with zero attached hydrogens (tertiary/aromatic N) is 1. The van der Waals surface area contributed by atoms with E-state index in [1.165, 1.54) is 0 Å². The van der Waals surface area contributed by atoms with Crippen LogP contribution in [0.4, 0.5) is 0 Å². The van der Waals surface area contributed by atoms with Gasteiger partial charge in [-0.25, -0.2) is 9.79 Å². The zero-order chi connectivity index (χ0) is 21.1. The van der Waals surface area contributed by atoms with Crippen LogP contribution in [0.1, 0.15) is 16.7 Å². The molecule has 0 aromatic heterocycles. The fraction of sp³-hybridized carbons (Fsp3) is 0.0435. The van der Waals surface area contributed by atoms with Gasteiger partial charge in [-0.15, -0.1) is 0 Å². The smallest absolute Gasteiger partial charge is 0.363 e. The molecule has 3 aromatic carbocycles. The minimum absolute atomic E-state index is 0.185. The number of ether oxygens (including phenoxy) is 2. The first-order valence-corrected chi connectivity index (χ1v) is 10.1. The van der Waals surface area contributed by atoms with E-state index in [4.69, 9.17) is 44.3 Å². The second-order valence-electron chi connectivity index (χ2n) is 6.41. The number of halogens is 3. The summed E-state index contributed by atoms with van der Waals surface area (Å²) in [4.78, 5) is 16.4. The number of benzene rings is 3. The summed E-state index contributed by atoms with van der Waals surface area (Å²) in [5, 5.41) is 1.44. The van der Waals surface area contributed by atoms with Crippen LogP contribution in [0.25, 0.3) is 6.08 Å². The Morgan fingerprint density at radius 3 is 2.40 bits per heavy atom. The van der Waals surface area contributed by atoms with E-state index >= 15 is 0 Å². The summed E-state index contributed by atoms with van der Waals surface area (Å²) in [6.07, 6.45) is 1.64. The predicted octanol–water partition coefficient (Wildman–Crippen LogP) is 6.57. The van der Waals surface area contributed by atoms with E-state index in [0.29, 0.717) is 33.0 Å². The van der Waals surface area contributed by atoms with Gasteiger partial charge in [-0.2, -0.15) is 0 Å². The molecule has 0 saturated carbocycles. The monoisotopic (exact) mass is 457 g/mol. The van der Waals surface area contributed by atoms with Crippen molar-refractivity contribution in [3.05, 3.63) is 104 Å². The summed E-state index contributed by atoms with van der Waals surface area (Å²) in [5.74, 6) is 0.339. The summed E-state index contributed by atoms with van der Waals surface area (Å²) in [7, 11) is 0. The maximum absolute atomic E-state index is 12.2. The molecule has 30 heavy (non-hydrogen) atoms. The lowest BCUT2D eigenvalue weighted by molar-refractivity contribution is -0.129. The second kappa shape index (κ2) is 8.92. The molecule has 1 heterocycles. The van der Waals surface area contributed by atoms with Gasteiger partial charge >= 0.3 is 5.97 Å². The highest BCUT2D eigenvalue weighted by atomic mass is 35.5. The highest BCUT2D eigenvalue weighted by molar-refractivity contribution is 6.42. The van der Waals surface area contributed by atoms with Crippen molar-refractivity contribution in [3.8, 4) is 5.75 Å². The fourth-order valence-electron chi connectivity index (χ4n) is 2.76. The van der Waals surface area contributed by atoms with Crippen LogP contribution in [-0.2, 0) is 16.1 Å². The Kier molecular flexibility index (Phi) is 6.09. The summed E-state index contributed by atoms with van der Waals surface area (Å²) < 4.78 is 11.0. The third-order valence-electron chi connectivity index (χ3n) is 4.32. The van der Waals surface area contributed by atoms with E-state index < -0.39 is 5.97 Å². The van der Waals surface area contributed by atoms with Crippen molar-refractivity contribution in [2.24, 2.45) is 4.99 Å². The standard InChI is InChI=1S/C23H14Cl3NO3/c24-18-4-2-1-3-16(18)13-29-17-8-5-14(6-9-17)11-21-23(28)30-22(27-21)15-7-10-19(25)20(26)12-15/h1-12H,13H2/b21-11-. The van der Waals surface area contributed by atoms with Crippen LogP contribution in [0.3, 0.4) is 0 Å². The molecule has 1 aliphatic rings. The van der Waals surface area contributed by atoms with Crippen LogP contribution in [0.15, 0.2) is 77.4 Å². The highest BCUT2D eigenvalue weighted by Crippen LogP contribution is 2.26. The van der Waals surface area contributed by atoms with Crippen molar-refractivity contribution in [1.82, 2.24) is 0 Å². The van der Waals surface area contributed by atoms with Gasteiger partial charge in [0.25, 0.3) is 0 Å². The van der Waals surface area contributed by atoms with E-state index in [9.17, 15) is 4.79 Å². The van der Waals surface area contributed by atoms with Gasteiger partial charge in [0.05, 0.1) is 10.0 Å². The number of hydrogen-bond acceptors (Lipinski definition) is 4. The van der Waals surface area contributed by atoms with Gasteiger partial charge in [-0.05, 0) is 48.0 Å². The van der Waals surface area contributed by atoms with Crippen molar-refractivity contribution in [2.75, 3.05) is 0 Å². The number of cyclic esters (lactones) is 1. The molecular weight excluding hydrogens is 445 g/mol. The minimum Gasteiger partial charge on any atom is -0.489 e. The summed E-state index contributed by atoms with van der Waals surface area (Å²) in [6.45, 7) is 0.365. The topological polar surface area (TPSA) is 47.9 Å². The first kappa shape index (κ1) is 20.5. The van der Waals surface area contributed by atoms with Crippen molar-refractivity contribution < 1.29 is 14.3 Å². The molecule has 1 aliphatic heterocycles. The molecule has 0 saturated heterocycles. The normalized spacial score (nSPS) is 14.6. The van der Waals surface area contributed by atoms with Crippen molar-refractivity contribution >= 4 is 52.7 Å². The molecule has 0 amide bonds. The van der Waals surface area contributed by atoms with Crippen molar-refractivity contribution in [3.63, 3.8) is 0 Å². The zero-order valence-corrected chi connectivity index (χ0v) is 17.7. The number of hydrogen-bond donors (Lipinski definition) is 0. The molecule has 4 rings (SSSR count). The Bertz CT molecular complexity index is 1170. The third-order valence-corrected chi connectivity index (χ3v) is 5.43. The number of carbonyl (C=O) groups excluding carboxylic acids is 1. The van der Waals surface area contributed by atoms with Crippen molar-refractivity contribution in [2.45, 2.75) is 6.61 Å². The van der Waals surface area contributed by atoms with Crippen molar-refractivity contribution in [1.29, 1.82) is 0 Å². The zero-order valence-electron chi connectivity index (χ0n) is 15.4. The molecule has 0 unspecified atom stereocenters. The highest BCUT2D eigenvalue weighted by Gasteiger charge is 2.24. The summed E-state index contributed by atoms with van der Waals surface area (Å²) in [6, 6.07) is 19.7. The van der Waals surface area contributed by atoms with Crippen LogP contribution < -0.4 is 4.74 Å². The molecule has 3 aromatic rings. The third kappa shape index (κ3) is 4.68. The fourth-order valence-corrected chi connectivity index (χ4v) is 3.24. The number of rotatable bonds is 5. The van der Waals surface area contributed by atoms with Gasteiger partial charge in [-0.3, -0.25) is 0 Å². The molecule has 0 aliphatic carbocycles. The predicted molar refractivity (Wildman–Crippen MR) is 119 cm³/mol. The number of esters is 1. The minimum atomic E-state index is -0.532. The lowest BCUT2D eigenvalue weighted by atomic mass is 10.2. The van der Waals surface area contributed by atoms with Crippen LogP contribution >= 0.6 is 34.8 Å². The van der Waals surface area contributed by atoms with Gasteiger partial charge in [0.2, 0.25) is 5.90 Å². The molecule has 0 radical (unpaired) electrons. The Hall–Kier alpha value is -2.79. The molecule has 4 nitrogen and oxygen atoms in total. The SMILES string of the molecule is O=C1OC(c2ccc(Cl)c(Cl)c2)=N/C1=C\c1ccc(OCc2ccccc2Cl)cc1. The second-order valence-corrected chi connectivity index (χ2v) is 7.64. The van der Waals surface area contributed by atoms with Gasteiger partial charge in [0, 0.05) is 16.1 Å². The summed E-state index contributed by atoms with van der Waals surface area (Å²) >= 11 is 18.1. The maximum atomic E-state index is 12.2. The largest absolute Gasteiger partial charge is 0.489 e. The van der Waals surface area contributed by atoms with E-state index in [1.54, 1.807) is 24.3 Å². The molecule has 0 fully saturated rings. The molecular formula is C23H14Cl3NO3. The molecule has 0 spiro atoms. The maximum Gasteiger partial charge on any atom is 0.363 e.